The van der Waals surface area contributed by atoms with E-state index in [4.69, 9.17) is 14.7 Å². The van der Waals surface area contributed by atoms with E-state index in [1.807, 2.05) is 6.92 Å². The summed E-state index contributed by atoms with van der Waals surface area (Å²) in [6.45, 7) is 3.97. The lowest BCUT2D eigenvalue weighted by Crippen LogP contribution is -2.39. The summed E-state index contributed by atoms with van der Waals surface area (Å²) in [6.07, 6.45) is 3.00. The molecule has 0 spiro atoms. The number of anilines is 2. The Morgan fingerprint density at radius 1 is 1.34 bits per heavy atom. The van der Waals surface area contributed by atoms with Crippen LogP contribution < -0.4 is 21.9 Å². The van der Waals surface area contributed by atoms with E-state index in [0.29, 0.717) is 35.5 Å². The van der Waals surface area contributed by atoms with E-state index in [2.05, 4.69) is 15.1 Å². The van der Waals surface area contributed by atoms with Crippen molar-refractivity contribution in [2.24, 2.45) is 0 Å². The zero-order chi connectivity index (χ0) is 23.0. The van der Waals surface area contributed by atoms with E-state index in [1.165, 1.54) is 17.9 Å². The molecule has 0 aliphatic rings. The molecule has 4 rings (SSSR count). The normalized spacial score (nSPS) is 11.2. The number of H-pyrrole nitrogens is 1. The standard InChI is InChI=1S/C21H22N6O5/c1-4-5-8-27-17(22)16(18(28)24-21(27)30)26(3)20(29)12-10-13(14-7-6-9-31-14)23-19-15(12)11(2)25-32-19/h6-7,9-10H,4-5,8,22H2,1-3H3,(H,24,28,30). The molecule has 11 nitrogen and oxygen atoms in total. The average Bonchev–Trinajstić information content (AvgIpc) is 3.42. The number of aryl methyl sites for hydroxylation is 1. The Balaban J connectivity index is 1.86. The lowest BCUT2D eigenvalue weighted by Gasteiger charge is -2.21. The van der Waals surface area contributed by atoms with Crippen LogP contribution in [0.1, 0.15) is 35.8 Å². The van der Waals surface area contributed by atoms with Gasteiger partial charge in [-0.15, -0.1) is 0 Å². The Labute approximate surface area is 181 Å². The molecular formula is C21H22N6O5. The number of aromatic amines is 1. The van der Waals surface area contributed by atoms with Gasteiger partial charge in [0, 0.05) is 13.6 Å². The van der Waals surface area contributed by atoms with Gasteiger partial charge in [-0.1, -0.05) is 18.5 Å². The van der Waals surface area contributed by atoms with Crippen molar-refractivity contribution >= 4 is 28.5 Å². The molecule has 0 saturated heterocycles. The van der Waals surface area contributed by atoms with Crippen LogP contribution in [0.15, 0.2) is 43.0 Å². The molecule has 0 aliphatic carbocycles. The number of amides is 1. The number of nitrogen functional groups attached to an aromatic ring is 1. The number of nitrogens with two attached hydrogens (primary N) is 1. The molecule has 0 aromatic carbocycles. The number of hydrogen-bond acceptors (Lipinski definition) is 8. The first-order valence-corrected chi connectivity index (χ1v) is 10.0. The lowest BCUT2D eigenvalue weighted by molar-refractivity contribution is 0.0994. The van der Waals surface area contributed by atoms with Crippen LogP contribution >= 0.6 is 0 Å². The molecule has 0 aliphatic heterocycles. The molecule has 166 valence electrons. The molecule has 0 atom stereocenters. The summed E-state index contributed by atoms with van der Waals surface area (Å²) in [4.78, 5) is 46.1. The van der Waals surface area contributed by atoms with E-state index >= 15 is 0 Å². The summed E-state index contributed by atoms with van der Waals surface area (Å²) in [5.74, 6) is -0.195. The molecule has 0 bridgehead atoms. The van der Waals surface area contributed by atoms with Crippen molar-refractivity contribution in [1.82, 2.24) is 19.7 Å². The Bertz CT molecular complexity index is 1410. The molecular weight excluding hydrogens is 416 g/mol. The van der Waals surface area contributed by atoms with Crippen LogP contribution in [0.25, 0.3) is 22.6 Å². The smallest absolute Gasteiger partial charge is 0.330 e. The van der Waals surface area contributed by atoms with E-state index in [-0.39, 0.29) is 22.8 Å². The average molecular weight is 438 g/mol. The Morgan fingerprint density at radius 3 is 2.81 bits per heavy atom. The van der Waals surface area contributed by atoms with Gasteiger partial charge in [-0.05, 0) is 31.5 Å². The lowest BCUT2D eigenvalue weighted by atomic mass is 10.1. The highest BCUT2D eigenvalue weighted by Crippen LogP contribution is 2.29. The Morgan fingerprint density at radius 2 is 2.12 bits per heavy atom. The fourth-order valence-corrected chi connectivity index (χ4v) is 3.54. The summed E-state index contributed by atoms with van der Waals surface area (Å²) in [7, 11) is 1.42. The summed E-state index contributed by atoms with van der Waals surface area (Å²) < 4.78 is 11.9. The van der Waals surface area contributed by atoms with Gasteiger partial charge in [-0.2, -0.15) is 0 Å². The highest BCUT2D eigenvalue weighted by molar-refractivity contribution is 6.14. The molecule has 11 heteroatoms. The fourth-order valence-electron chi connectivity index (χ4n) is 3.54. The molecule has 4 aromatic rings. The number of nitrogens with zero attached hydrogens (tertiary/aromatic N) is 4. The van der Waals surface area contributed by atoms with Crippen LogP contribution in [0.4, 0.5) is 11.5 Å². The number of carbonyl (C=O) groups is 1. The van der Waals surface area contributed by atoms with Gasteiger partial charge >= 0.3 is 5.69 Å². The quantitative estimate of drug-likeness (QED) is 0.465. The van der Waals surface area contributed by atoms with Gasteiger partial charge in [-0.3, -0.25) is 19.1 Å². The molecule has 4 heterocycles. The number of fused-ring (bicyclic) bond motifs is 1. The van der Waals surface area contributed by atoms with Gasteiger partial charge in [0.05, 0.1) is 22.9 Å². The van der Waals surface area contributed by atoms with Gasteiger partial charge in [0.15, 0.2) is 11.4 Å². The summed E-state index contributed by atoms with van der Waals surface area (Å²) in [6, 6.07) is 4.93. The number of carbonyl (C=O) groups excluding carboxylic acids is 1. The van der Waals surface area contributed by atoms with Gasteiger partial charge in [0.25, 0.3) is 17.2 Å². The third kappa shape index (κ3) is 3.47. The highest BCUT2D eigenvalue weighted by atomic mass is 16.5. The molecule has 0 unspecified atom stereocenters. The van der Waals surface area contributed by atoms with Crippen LogP contribution in [0.3, 0.4) is 0 Å². The van der Waals surface area contributed by atoms with Gasteiger partial charge < -0.3 is 19.6 Å². The summed E-state index contributed by atoms with van der Waals surface area (Å²) in [5, 5.41) is 4.32. The number of hydrogen-bond donors (Lipinski definition) is 2. The topological polar surface area (TPSA) is 153 Å². The first-order chi connectivity index (χ1) is 15.3. The van der Waals surface area contributed by atoms with E-state index in [9.17, 15) is 14.4 Å². The summed E-state index contributed by atoms with van der Waals surface area (Å²) >= 11 is 0. The fraction of sp³-hybridized carbons (Fsp3) is 0.286. The Hall–Kier alpha value is -4.15. The third-order valence-corrected chi connectivity index (χ3v) is 5.21. The number of rotatable bonds is 6. The maximum Gasteiger partial charge on any atom is 0.330 e. The second-order valence-corrected chi connectivity index (χ2v) is 7.34. The van der Waals surface area contributed by atoms with Crippen LogP contribution in [-0.2, 0) is 6.54 Å². The highest BCUT2D eigenvalue weighted by Gasteiger charge is 2.26. The first kappa shape index (κ1) is 21.1. The molecule has 3 N–H and O–H groups in total. The number of furan rings is 1. The van der Waals surface area contributed by atoms with Gasteiger partial charge in [-0.25, -0.2) is 9.78 Å². The largest absolute Gasteiger partial charge is 0.463 e. The maximum atomic E-state index is 13.5. The van der Waals surface area contributed by atoms with Crippen molar-refractivity contribution in [3.63, 3.8) is 0 Å². The van der Waals surface area contributed by atoms with Crippen LogP contribution in [0, 0.1) is 6.92 Å². The van der Waals surface area contributed by atoms with E-state index < -0.39 is 17.2 Å². The van der Waals surface area contributed by atoms with E-state index in [0.717, 1.165) is 11.3 Å². The van der Waals surface area contributed by atoms with Crippen molar-refractivity contribution in [2.75, 3.05) is 17.7 Å². The SMILES string of the molecule is CCCCn1c(N)c(N(C)C(=O)c2cc(-c3ccco3)nc3onc(C)c23)c(=O)[nH]c1=O. The minimum atomic E-state index is -0.755. The van der Waals surface area contributed by atoms with Crippen molar-refractivity contribution in [2.45, 2.75) is 33.2 Å². The molecule has 32 heavy (non-hydrogen) atoms. The van der Waals surface area contributed by atoms with Gasteiger partial charge in [0.1, 0.15) is 11.5 Å². The molecule has 0 saturated carbocycles. The van der Waals surface area contributed by atoms with Crippen molar-refractivity contribution in [3.8, 4) is 11.5 Å². The van der Waals surface area contributed by atoms with Crippen LogP contribution in [0.2, 0.25) is 0 Å². The third-order valence-electron chi connectivity index (χ3n) is 5.21. The molecule has 1 amide bonds. The summed E-state index contributed by atoms with van der Waals surface area (Å²) in [5.41, 5.74) is 5.85. The van der Waals surface area contributed by atoms with Crippen molar-refractivity contribution in [1.29, 1.82) is 0 Å². The van der Waals surface area contributed by atoms with Crippen molar-refractivity contribution < 1.29 is 13.7 Å². The maximum absolute atomic E-state index is 13.5. The van der Waals surface area contributed by atoms with Crippen LogP contribution in [0.5, 0.6) is 0 Å². The van der Waals surface area contributed by atoms with Crippen molar-refractivity contribution in [3.05, 3.63) is 56.6 Å². The van der Waals surface area contributed by atoms with Crippen LogP contribution in [-0.4, -0.2) is 32.6 Å². The second kappa shape index (κ2) is 8.17. The van der Waals surface area contributed by atoms with E-state index in [1.54, 1.807) is 25.1 Å². The number of unbranched alkanes of at least 4 members (excludes halogenated alkanes) is 1. The minimum Gasteiger partial charge on any atom is -0.463 e. The van der Waals surface area contributed by atoms with Gasteiger partial charge in [0.2, 0.25) is 0 Å². The zero-order valence-corrected chi connectivity index (χ0v) is 17.8. The first-order valence-electron chi connectivity index (χ1n) is 10.0. The second-order valence-electron chi connectivity index (χ2n) is 7.34. The molecule has 4 aromatic heterocycles. The Kier molecular flexibility index (Phi) is 5.39. The monoisotopic (exact) mass is 438 g/mol. The molecule has 0 fully saturated rings. The predicted octanol–water partition coefficient (Wildman–Crippen LogP) is 2.30. The number of pyridine rings is 1. The molecule has 0 radical (unpaired) electrons. The number of nitrogens with one attached hydrogen (secondary N) is 1. The predicted molar refractivity (Wildman–Crippen MR) is 118 cm³/mol. The zero-order valence-electron chi connectivity index (χ0n) is 17.8. The number of aromatic nitrogens is 4. The minimum absolute atomic E-state index is 0.0818.